The van der Waals surface area contributed by atoms with E-state index in [-0.39, 0.29) is 0 Å². The molecule has 1 rings (SSSR count). The second-order valence-electron chi connectivity index (χ2n) is 4.41. The highest BCUT2D eigenvalue weighted by Crippen LogP contribution is 2.06. The van der Waals surface area contributed by atoms with Crippen LogP contribution in [-0.2, 0) is 6.42 Å². The van der Waals surface area contributed by atoms with Crippen molar-refractivity contribution >= 4 is 5.96 Å². The van der Waals surface area contributed by atoms with E-state index < -0.39 is 0 Å². The average Bonchev–Trinajstić information content (AvgIpc) is 2.41. The second-order valence-corrected chi connectivity index (χ2v) is 4.41. The first kappa shape index (κ1) is 14.5. The molecule has 0 saturated heterocycles. The van der Waals surface area contributed by atoms with Crippen molar-refractivity contribution in [3.05, 3.63) is 30.1 Å². The first-order valence-corrected chi connectivity index (χ1v) is 6.70. The summed E-state index contributed by atoms with van der Waals surface area (Å²) >= 11 is 0. The van der Waals surface area contributed by atoms with Crippen LogP contribution in [0.4, 0.5) is 0 Å². The molecule has 0 bridgehead atoms. The number of guanidine groups is 1. The molecule has 1 aromatic rings. The number of nitrogens with one attached hydrogen (secondary N) is 1. The van der Waals surface area contributed by atoms with Gasteiger partial charge in [0.15, 0.2) is 5.96 Å². The Labute approximate surface area is 110 Å². The molecule has 4 heteroatoms. The zero-order valence-corrected chi connectivity index (χ0v) is 11.4. The van der Waals surface area contributed by atoms with Crippen LogP contribution < -0.4 is 11.1 Å². The van der Waals surface area contributed by atoms with Gasteiger partial charge in [-0.1, -0.05) is 32.8 Å². The van der Waals surface area contributed by atoms with Gasteiger partial charge >= 0.3 is 0 Å². The number of hydrogen-bond donors (Lipinski definition) is 2. The lowest BCUT2D eigenvalue weighted by atomic mass is 10.0. The number of aromatic nitrogens is 1. The number of pyridine rings is 1. The van der Waals surface area contributed by atoms with Crippen molar-refractivity contribution < 1.29 is 0 Å². The predicted octanol–water partition coefficient (Wildman–Crippen LogP) is 1.96. The van der Waals surface area contributed by atoms with Gasteiger partial charge in [0.05, 0.1) is 0 Å². The van der Waals surface area contributed by atoms with Crippen molar-refractivity contribution in [2.45, 2.75) is 33.1 Å². The van der Waals surface area contributed by atoms with Gasteiger partial charge in [0, 0.05) is 31.4 Å². The van der Waals surface area contributed by atoms with E-state index in [0.717, 1.165) is 38.0 Å². The molecule has 0 unspecified atom stereocenters. The molecule has 0 fully saturated rings. The number of aliphatic imine (C=N–C) groups is 1. The Morgan fingerprint density at radius 3 is 2.78 bits per heavy atom. The summed E-state index contributed by atoms with van der Waals surface area (Å²) in [6, 6.07) is 5.93. The second kappa shape index (κ2) is 8.50. The summed E-state index contributed by atoms with van der Waals surface area (Å²) in [5, 5.41) is 3.12. The molecular formula is C14H24N4. The molecule has 0 aliphatic rings. The van der Waals surface area contributed by atoms with Crippen molar-refractivity contribution in [2.75, 3.05) is 13.1 Å². The minimum Gasteiger partial charge on any atom is -0.370 e. The van der Waals surface area contributed by atoms with Gasteiger partial charge in [0.2, 0.25) is 0 Å². The standard InChI is InChI=1S/C14H24N4/c1-3-12(4-2)11-18-14(15)17-10-8-13-7-5-6-9-16-13/h5-7,9,12H,3-4,8,10-11H2,1-2H3,(H3,15,17,18). The smallest absolute Gasteiger partial charge is 0.188 e. The third-order valence-corrected chi connectivity index (χ3v) is 3.09. The molecule has 0 aliphatic carbocycles. The normalized spacial score (nSPS) is 11.8. The zero-order chi connectivity index (χ0) is 13.2. The Hall–Kier alpha value is -1.58. The molecule has 0 saturated carbocycles. The van der Waals surface area contributed by atoms with Gasteiger partial charge in [-0.05, 0) is 18.1 Å². The monoisotopic (exact) mass is 248 g/mol. The fraction of sp³-hybridized carbons (Fsp3) is 0.571. The Kier molecular flexibility index (Phi) is 6.84. The summed E-state index contributed by atoms with van der Waals surface area (Å²) in [4.78, 5) is 8.62. The molecule has 3 N–H and O–H groups in total. The van der Waals surface area contributed by atoms with Crippen LogP contribution in [0.15, 0.2) is 29.4 Å². The Morgan fingerprint density at radius 2 is 2.17 bits per heavy atom. The summed E-state index contributed by atoms with van der Waals surface area (Å²) in [6.45, 7) is 5.97. The maximum Gasteiger partial charge on any atom is 0.188 e. The largest absolute Gasteiger partial charge is 0.370 e. The third-order valence-electron chi connectivity index (χ3n) is 3.09. The summed E-state index contributed by atoms with van der Waals surface area (Å²) in [6.07, 6.45) is 4.98. The van der Waals surface area contributed by atoms with Gasteiger partial charge in [-0.3, -0.25) is 9.98 Å². The highest BCUT2D eigenvalue weighted by Gasteiger charge is 2.02. The molecule has 0 spiro atoms. The summed E-state index contributed by atoms with van der Waals surface area (Å²) in [7, 11) is 0. The fourth-order valence-electron chi connectivity index (χ4n) is 1.69. The number of nitrogens with two attached hydrogens (primary N) is 1. The summed E-state index contributed by atoms with van der Waals surface area (Å²) in [5.74, 6) is 1.18. The number of hydrogen-bond acceptors (Lipinski definition) is 2. The van der Waals surface area contributed by atoms with Crippen LogP contribution in [0.25, 0.3) is 0 Å². The Bertz CT molecular complexity index is 344. The van der Waals surface area contributed by atoms with Gasteiger partial charge in [-0.25, -0.2) is 0 Å². The number of rotatable bonds is 7. The van der Waals surface area contributed by atoms with Crippen LogP contribution in [0.2, 0.25) is 0 Å². The SMILES string of the molecule is CCC(CC)CN=C(N)NCCc1ccccn1. The lowest BCUT2D eigenvalue weighted by Gasteiger charge is -2.10. The molecule has 4 nitrogen and oxygen atoms in total. The first-order chi connectivity index (χ1) is 8.76. The fourth-order valence-corrected chi connectivity index (χ4v) is 1.69. The van der Waals surface area contributed by atoms with E-state index in [2.05, 4.69) is 29.1 Å². The van der Waals surface area contributed by atoms with Crippen LogP contribution in [0, 0.1) is 5.92 Å². The molecular weight excluding hydrogens is 224 g/mol. The van der Waals surface area contributed by atoms with Crippen molar-refractivity contribution in [1.29, 1.82) is 0 Å². The Morgan fingerprint density at radius 1 is 1.39 bits per heavy atom. The molecule has 0 amide bonds. The van der Waals surface area contributed by atoms with E-state index >= 15 is 0 Å². The van der Waals surface area contributed by atoms with Gasteiger partial charge in [0.25, 0.3) is 0 Å². The highest BCUT2D eigenvalue weighted by atomic mass is 15.1. The minimum absolute atomic E-state index is 0.540. The van der Waals surface area contributed by atoms with Crippen LogP contribution in [0.1, 0.15) is 32.4 Å². The molecule has 0 atom stereocenters. The van der Waals surface area contributed by atoms with Gasteiger partial charge < -0.3 is 11.1 Å². The van der Waals surface area contributed by atoms with Crippen molar-refractivity contribution in [1.82, 2.24) is 10.3 Å². The van der Waals surface area contributed by atoms with E-state index in [9.17, 15) is 0 Å². The van der Waals surface area contributed by atoms with Crippen LogP contribution in [-0.4, -0.2) is 24.0 Å². The lowest BCUT2D eigenvalue weighted by Crippen LogP contribution is -2.33. The van der Waals surface area contributed by atoms with Crippen LogP contribution >= 0.6 is 0 Å². The van der Waals surface area contributed by atoms with E-state index in [0.29, 0.717) is 11.9 Å². The topological polar surface area (TPSA) is 63.3 Å². The van der Waals surface area contributed by atoms with Gasteiger partial charge in [-0.15, -0.1) is 0 Å². The van der Waals surface area contributed by atoms with Gasteiger partial charge in [0.1, 0.15) is 0 Å². The molecule has 0 radical (unpaired) electrons. The summed E-state index contributed by atoms with van der Waals surface area (Å²) < 4.78 is 0. The molecule has 0 aromatic carbocycles. The molecule has 0 aliphatic heterocycles. The van der Waals surface area contributed by atoms with Crippen LogP contribution in [0.5, 0.6) is 0 Å². The third kappa shape index (κ3) is 5.66. The Balaban J connectivity index is 2.24. The predicted molar refractivity (Wildman–Crippen MR) is 76.5 cm³/mol. The molecule has 18 heavy (non-hydrogen) atoms. The van der Waals surface area contributed by atoms with Crippen molar-refractivity contribution in [3.8, 4) is 0 Å². The number of nitrogens with zero attached hydrogens (tertiary/aromatic N) is 2. The maximum atomic E-state index is 5.81. The van der Waals surface area contributed by atoms with E-state index in [1.165, 1.54) is 0 Å². The van der Waals surface area contributed by atoms with Crippen molar-refractivity contribution in [2.24, 2.45) is 16.6 Å². The minimum atomic E-state index is 0.540. The van der Waals surface area contributed by atoms with Gasteiger partial charge in [-0.2, -0.15) is 0 Å². The quantitative estimate of drug-likeness (QED) is 0.573. The summed E-state index contributed by atoms with van der Waals surface area (Å²) in [5.41, 5.74) is 6.88. The van der Waals surface area contributed by atoms with E-state index in [1.807, 2.05) is 18.2 Å². The van der Waals surface area contributed by atoms with E-state index in [1.54, 1.807) is 6.20 Å². The first-order valence-electron chi connectivity index (χ1n) is 6.70. The molecule has 1 heterocycles. The molecule has 100 valence electrons. The van der Waals surface area contributed by atoms with E-state index in [4.69, 9.17) is 5.73 Å². The van der Waals surface area contributed by atoms with Crippen LogP contribution in [0.3, 0.4) is 0 Å². The highest BCUT2D eigenvalue weighted by molar-refractivity contribution is 5.77. The zero-order valence-electron chi connectivity index (χ0n) is 11.4. The maximum absolute atomic E-state index is 5.81. The molecule has 1 aromatic heterocycles. The average molecular weight is 248 g/mol. The van der Waals surface area contributed by atoms with Crippen molar-refractivity contribution in [3.63, 3.8) is 0 Å². The lowest BCUT2D eigenvalue weighted by molar-refractivity contribution is 0.505.